The molecule has 152 valence electrons. The molecule has 7 nitrogen and oxygen atoms in total. The van der Waals surface area contributed by atoms with E-state index in [1.165, 1.54) is 21.3 Å². The summed E-state index contributed by atoms with van der Waals surface area (Å²) in [7, 11) is 7.71. The molecule has 0 spiro atoms. The van der Waals surface area contributed by atoms with Crippen LogP contribution in [0.5, 0.6) is 28.7 Å². The molecule has 0 aliphatic rings. The van der Waals surface area contributed by atoms with Gasteiger partial charge in [0.15, 0.2) is 23.0 Å². The number of amides is 1. The molecule has 0 radical (unpaired) electrons. The summed E-state index contributed by atoms with van der Waals surface area (Å²) < 4.78 is 27.3. The van der Waals surface area contributed by atoms with E-state index in [0.29, 0.717) is 47.3 Å². The third kappa shape index (κ3) is 4.81. The zero-order valence-corrected chi connectivity index (χ0v) is 18.1. The van der Waals surface area contributed by atoms with Crippen molar-refractivity contribution >= 4 is 21.8 Å². The molecule has 0 saturated carbocycles. The lowest BCUT2D eigenvalue weighted by molar-refractivity contribution is 0.0950. The van der Waals surface area contributed by atoms with Crippen LogP contribution in [-0.2, 0) is 6.42 Å². The highest BCUT2D eigenvalue weighted by Gasteiger charge is 2.18. The van der Waals surface area contributed by atoms with Crippen molar-refractivity contribution in [1.82, 2.24) is 5.32 Å². The summed E-state index contributed by atoms with van der Waals surface area (Å²) in [5.41, 5.74) is 1.35. The van der Waals surface area contributed by atoms with E-state index < -0.39 is 0 Å². The minimum Gasteiger partial charge on any atom is -0.496 e. The van der Waals surface area contributed by atoms with Gasteiger partial charge in [-0.1, -0.05) is 15.9 Å². The van der Waals surface area contributed by atoms with Gasteiger partial charge in [0.2, 0.25) is 0 Å². The number of rotatable bonds is 9. The molecule has 0 aliphatic carbocycles. The monoisotopic (exact) mass is 453 g/mol. The summed E-state index contributed by atoms with van der Waals surface area (Å²) in [6.07, 6.45) is 0.599. The van der Waals surface area contributed by atoms with E-state index in [4.69, 9.17) is 23.7 Å². The second kappa shape index (κ2) is 10.1. The summed E-state index contributed by atoms with van der Waals surface area (Å²) in [5, 5.41) is 2.90. The largest absolute Gasteiger partial charge is 0.496 e. The van der Waals surface area contributed by atoms with Crippen LogP contribution in [0.3, 0.4) is 0 Å². The topological polar surface area (TPSA) is 75.3 Å². The van der Waals surface area contributed by atoms with Crippen LogP contribution in [0.2, 0.25) is 0 Å². The molecule has 0 aromatic heterocycles. The molecular weight excluding hydrogens is 430 g/mol. The summed E-state index contributed by atoms with van der Waals surface area (Å²) in [4.78, 5) is 12.6. The summed E-state index contributed by atoms with van der Waals surface area (Å²) in [6, 6.07) is 6.94. The van der Waals surface area contributed by atoms with Gasteiger partial charge in [-0.25, -0.2) is 0 Å². The normalized spacial score (nSPS) is 10.2. The van der Waals surface area contributed by atoms with Gasteiger partial charge in [-0.2, -0.15) is 0 Å². The Hall–Kier alpha value is -2.61. The number of benzene rings is 2. The Balaban J connectivity index is 2.13. The van der Waals surface area contributed by atoms with Gasteiger partial charge >= 0.3 is 0 Å². The standard InChI is InChI=1S/C20H24BrNO6/c1-24-15-11-19(28-5)17(26-3)9-13(15)20(23)22-7-6-12-8-16(25-2)18(27-4)10-14(12)21/h8-11H,6-7H2,1-5H3,(H,22,23). The molecular formula is C20H24BrNO6. The van der Waals surface area contributed by atoms with Crippen LogP contribution in [0, 0.1) is 0 Å². The highest BCUT2D eigenvalue weighted by atomic mass is 79.9. The molecule has 0 heterocycles. The van der Waals surface area contributed by atoms with E-state index in [1.54, 1.807) is 26.4 Å². The predicted molar refractivity (Wildman–Crippen MR) is 109 cm³/mol. The third-order valence-electron chi connectivity index (χ3n) is 4.18. The lowest BCUT2D eigenvalue weighted by Crippen LogP contribution is -2.26. The Labute approximate surface area is 173 Å². The molecule has 2 aromatic rings. The first-order chi connectivity index (χ1) is 13.5. The first-order valence-corrected chi connectivity index (χ1v) is 9.26. The van der Waals surface area contributed by atoms with E-state index >= 15 is 0 Å². The lowest BCUT2D eigenvalue weighted by atomic mass is 10.1. The average molecular weight is 454 g/mol. The second-order valence-electron chi connectivity index (χ2n) is 5.71. The van der Waals surface area contributed by atoms with E-state index in [0.717, 1.165) is 10.0 Å². The third-order valence-corrected chi connectivity index (χ3v) is 4.92. The van der Waals surface area contributed by atoms with Crippen molar-refractivity contribution in [3.05, 3.63) is 39.9 Å². The lowest BCUT2D eigenvalue weighted by Gasteiger charge is -2.15. The number of carbonyl (C=O) groups is 1. The highest BCUT2D eigenvalue weighted by Crippen LogP contribution is 2.35. The summed E-state index contributed by atoms with van der Waals surface area (Å²) in [5.74, 6) is 2.35. The molecule has 2 rings (SSSR count). The molecule has 0 fully saturated rings. The Morgan fingerprint density at radius 3 is 1.86 bits per heavy atom. The first-order valence-electron chi connectivity index (χ1n) is 8.47. The Morgan fingerprint density at radius 1 is 0.786 bits per heavy atom. The van der Waals surface area contributed by atoms with Crippen molar-refractivity contribution in [2.75, 3.05) is 42.1 Å². The number of ether oxygens (including phenoxy) is 5. The van der Waals surface area contributed by atoms with Gasteiger partial charge in [0.25, 0.3) is 5.91 Å². The SMILES string of the molecule is COc1cc(Br)c(CCNC(=O)c2cc(OC)c(OC)cc2OC)cc1OC. The minimum atomic E-state index is -0.269. The van der Waals surface area contributed by atoms with Gasteiger partial charge in [-0.05, 0) is 24.1 Å². The molecule has 0 unspecified atom stereocenters. The van der Waals surface area contributed by atoms with Gasteiger partial charge in [-0.15, -0.1) is 0 Å². The molecule has 1 N–H and O–H groups in total. The van der Waals surface area contributed by atoms with Crippen molar-refractivity contribution in [3.63, 3.8) is 0 Å². The van der Waals surface area contributed by atoms with Gasteiger partial charge in [0.05, 0.1) is 41.1 Å². The number of halogens is 1. The number of hydrogen-bond acceptors (Lipinski definition) is 6. The number of carbonyl (C=O) groups excluding carboxylic acids is 1. The molecule has 8 heteroatoms. The second-order valence-corrected chi connectivity index (χ2v) is 6.57. The maximum atomic E-state index is 12.6. The average Bonchev–Trinajstić information content (AvgIpc) is 2.73. The highest BCUT2D eigenvalue weighted by molar-refractivity contribution is 9.10. The molecule has 0 aliphatic heterocycles. The smallest absolute Gasteiger partial charge is 0.255 e. The van der Waals surface area contributed by atoms with Crippen LogP contribution in [-0.4, -0.2) is 48.0 Å². The van der Waals surface area contributed by atoms with Gasteiger partial charge in [-0.3, -0.25) is 4.79 Å². The van der Waals surface area contributed by atoms with Crippen molar-refractivity contribution in [1.29, 1.82) is 0 Å². The maximum absolute atomic E-state index is 12.6. The van der Waals surface area contributed by atoms with Gasteiger partial charge in [0.1, 0.15) is 5.75 Å². The van der Waals surface area contributed by atoms with Gasteiger partial charge < -0.3 is 29.0 Å². The van der Waals surface area contributed by atoms with Crippen molar-refractivity contribution in [2.24, 2.45) is 0 Å². The zero-order valence-electron chi connectivity index (χ0n) is 16.6. The molecule has 0 saturated heterocycles. The van der Waals surface area contributed by atoms with Crippen LogP contribution in [0.1, 0.15) is 15.9 Å². The number of nitrogens with one attached hydrogen (secondary N) is 1. The van der Waals surface area contributed by atoms with Crippen LogP contribution >= 0.6 is 15.9 Å². The maximum Gasteiger partial charge on any atom is 0.255 e. The van der Waals surface area contributed by atoms with Crippen molar-refractivity contribution in [2.45, 2.75) is 6.42 Å². The Kier molecular flexibility index (Phi) is 7.80. The minimum absolute atomic E-state index is 0.269. The van der Waals surface area contributed by atoms with Crippen LogP contribution in [0.15, 0.2) is 28.7 Å². The fourth-order valence-electron chi connectivity index (χ4n) is 2.70. The molecule has 0 atom stereocenters. The quantitative estimate of drug-likeness (QED) is 0.626. The van der Waals surface area contributed by atoms with Crippen LogP contribution < -0.4 is 29.0 Å². The fraction of sp³-hybridized carbons (Fsp3) is 0.350. The Morgan fingerprint density at radius 2 is 1.29 bits per heavy atom. The first kappa shape index (κ1) is 21.7. The van der Waals surface area contributed by atoms with E-state index in [2.05, 4.69) is 21.2 Å². The zero-order chi connectivity index (χ0) is 20.7. The summed E-state index contributed by atoms with van der Waals surface area (Å²) >= 11 is 3.52. The van der Waals surface area contributed by atoms with Crippen molar-refractivity contribution in [3.8, 4) is 28.7 Å². The van der Waals surface area contributed by atoms with E-state index in [9.17, 15) is 4.79 Å². The Bertz CT molecular complexity index is 840. The fourth-order valence-corrected chi connectivity index (χ4v) is 3.22. The predicted octanol–water partition coefficient (Wildman–Crippen LogP) is 3.46. The number of hydrogen-bond donors (Lipinski definition) is 1. The van der Waals surface area contributed by atoms with Gasteiger partial charge in [0, 0.05) is 23.2 Å². The van der Waals surface area contributed by atoms with E-state index in [-0.39, 0.29) is 5.91 Å². The summed E-state index contributed by atoms with van der Waals surface area (Å²) in [6.45, 7) is 0.421. The van der Waals surface area contributed by atoms with Crippen LogP contribution in [0.4, 0.5) is 0 Å². The van der Waals surface area contributed by atoms with Crippen molar-refractivity contribution < 1.29 is 28.5 Å². The molecule has 0 bridgehead atoms. The van der Waals surface area contributed by atoms with E-state index in [1.807, 2.05) is 12.1 Å². The molecule has 2 aromatic carbocycles. The van der Waals surface area contributed by atoms with Crippen LogP contribution in [0.25, 0.3) is 0 Å². The number of methoxy groups -OCH3 is 5. The molecule has 28 heavy (non-hydrogen) atoms. The molecule has 1 amide bonds.